The monoisotopic (exact) mass is 239 g/mol. The van der Waals surface area contributed by atoms with Crippen molar-refractivity contribution < 1.29 is 18.3 Å². The predicted molar refractivity (Wildman–Crippen MR) is 58.2 cm³/mol. The van der Waals surface area contributed by atoms with Crippen molar-refractivity contribution >= 4 is 11.5 Å². The van der Waals surface area contributed by atoms with E-state index in [0.717, 1.165) is 23.8 Å². The molecule has 1 aromatic carbocycles. The average molecular weight is 239 g/mol. The third-order valence-electron chi connectivity index (χ3n) is 2.57. The van der Waals surface area contributed by atoms with Gasteiger partial charge in [0.2, 0.25) is 0 Å². The number of halogens is 2. The topological polar surface area (TPSA) is 38.3 Å². The smallest absolute Gasteiger partial charge is 0.338 e. The number of hydrogen-bond donors (Lipinski definition) is 1. The third kappa shape index (κ3) is 2.34. The molecule has 0 saturated carbocycles. The number of hydrogen-bond acceptors (Lipinski definition) is 3. The Labute approximate surface area is 97.1 Å². The Morgan fingerprint density at radius 1 is 1.24 bits per heavy atom. The summed E-state index contributed by atoms with van der Waals surface area (Å²) < 4.78 is 30.9. The van der Waals surface area contributed by atoms with Gasteiger partial charge in [-0.1, -0.05) is 0 Å². The van der Waals surface area contributed by atoms with Crippen LogP contribution in [-0.2, 0) is 9.53 Å². The van der Waals surface area contributed by atoms with Crippen LogP contribution in [0.3, 0.4) is 0 Å². The molecule has 2 rings (SSSR count). The van der Waals surface area contributed by atoms with Crippen molar-refractivity contribution in [1.82, 2.24) is 5.32 Å². The molecule has 1 N–H and O–H groups in total. The first-order chi connectivity index (χ1) is 8.11. The molecule has 0 radical (unpaired) electrons. The number of carbonyl (C=O) groups is 1. The Balaban J connectivity index is 2.49. The molecule has 1 saturated heterocycles. The van der Waals surface area contributed by atoms with Crippen molar-refractivity contribution in [2.75, 3.05) is 20.2 Å². The second-order valence-electron chi connectivity index (χ2n) is 3.73. The molecule has 3 nitrogen and oxygen atoms in total. The van der Waals surface area contributed by atoms with Gasteiger partial charge in [-0.25, -0.2) is 13.6 Å². The average Bonchev–Trinajstić information content (AvgIpc) is 2.20. The van der Waals surface area contributed by atoms with Gasteiger partial charge in [0.05, 0.1) is 12.7 Å². The van der Waals surface area contributed by atoms with E-state index in [9.17, 15) is 13.6 Å². The summed E-state index contributed by atoms with van der Waals surface area (Å²) in [5.41, 5.74) is 1.25. The summed E-state index contributed by atoms with van der Waals surface area (Å²) in [7, 11) is 1.24. The molecule has 90 valence electrons. The Hall–Kier alpha value is -1.75. The quantitative estimate of drug-likeness (QED) is 0.627. The lowest BCUT2D eigenvalue weighted by atomic mass is 9.96. The first-order valence-electron chi connectivity index (χ1n) is 5.09. The molecule has 0 spiro atoms. The number of benzene rings is 1. The Morgan fingerprint density at radius 3 is 2.24 bits per heavy atom. The molecular weight excluding hydrogens is 228 g/mol. The van der Waals surface area contributed by atoms with Crippen molar-refractivity contribution in [3.8, 4) is 0 Å². The van der Waals surface area contributed by atoms with Crippen LogP contribution in [0.5, 0.6) is 0 Å². The van der Waals surface area contributed by atoms with Crippen LogP contribution in [0.2, 0.25) is 0 Å². The molecule has 1 heterocycles. The number of nitrogens with one attached hydrogen (secondary N) is 1. The van der Waals surface area contributed by atoms with Crippen molar-refractivity contribution in [2.24, 2.45) is 0 Å². The molecule has 0 unspecified atom stereocenters. The number of rotatable bonds is 2. The summed E-state index contributed by atoms with van der Waals surface area (Å²) in [5.74, 6) is -2.00. The molecule has 0 atom stereocenters. The molecular formula is C12H11F2NO2. The van der Waals surface area contributed by atoms with Crippen LogP contribution in [0.1, 0.15) is 5.56 Å². The number of esters is 1. The minimum atomic E-state index is -0.714. The normalized spacial score (nSPS) is 14.2. The highest BCUT2D eigenvalue weighted by molar-refractivity contribution is 6.17. The summed E-state index contributed by atoms with van der Waals surface area (Å²) in [6.45, 7) is 1.06. The van der Waals surface area contributed by atoms with Gasteiger partial charge in [0.25, 0.3) is 0 Å². The lowest BCUT2D eigenvalue weighted by Gasteiger charge is -2.22. The van der Waals surface area contributed by atoms with Crippen LogP contribution in [0.15, 0.2) is 23.8 Å². The highest BCUT2D eigenvalue weighted by atomic mass is 19.1. The van der Waals surface area contributed by atoms with Gasteiger partial charge < -0.3 is 10.1 Å². The fourth-order valence-electron chi connectivity index (χ4n) is 1.69. The Kier molecular flexibility index (Phi) is 3.19. The zero-order chi connectivity index (χ0) is 12.4. The molecule has 1 aliphatic rings. The standard InChI is InChI=1S/C12H11F2NO2/c1-17-12(16)11(8-5-15-6-8)7-2-9(13)4-10(14)3-7/h2-4,15H,5-6H2,1H3. The van der Waals surface area contributed by atoms with Crippen LogP contribution < -0.4 is 5.32 Å². The highest BCUT2D eigenvalue weighted by Gasteiger charge is 2.22. The molecule has 0 bridgehead atoms. The summed E-state index contributed by atoms with van der Waals surface area (Å²) in [5, 5.41) is 2.97. The van der Waals surface area contributed by atoms with E-state index in [1.807, 2.05) is 0 Å². The largest absolute Gasteiger partial charge is 0.465 e. The van der Waals surface area contributed by atoms with Gasteiger partial charge in [-0.2, -0.15) is 0 Å². The summed E-state index contributed by atoms with van der Waals surface area (Å²) in [6, 6.07) is 3.02. The maximum absolute atomic E-state index is 13.1. The molecule has 1 aliphatic heterocycles. The van der Waals surface area contributed by atoms with Crippen molar-refractivity contribution in [3.05, 3.63) is 41.0 Å². The molecule has 17 heavy (non-hydrogen) atoms. The lowest BCUT2D eigenvalue weighted by molar-refractivity contribution is -0.133. The number of methoxy groups -OCH3 is 1. The molecule has 0 aliphatic carbocycles. The summed E-state index contributed by atoms with van der Waals surface area (Å²) in [4.78, 5) is 11.6. The first kappa shape index (κ1) is 11.7. The van der Waals surface area contributed by atoms with Crippen molar-refractivity contribution in [3.63, 3.8) is 0 Å². The SMILES string of the molecule is COC(=O)C(=C1CNC1)c1cc(F)cc(F)c1. The van der Waals surface area contributed by atoms with Gasteiger partial charge in [0.1, 0.15) is 11.6 Å². The molecule has 0 amide bonds. The Bertz CT molecular complexity index is 471. The van der Waals surface area contributed by atoms with Gasteiger partial charge >= 0.3 is 5.97 Å². The van der Waals surface area contributed by atoms with E-state index in [1.54, 1.807) is 0 Å². The van der Waals surface area contributed by atoms with Crippen LogP contribution >= 0.6 is 0 Å². The molecule has 1 aromatic rings. The van der Waals surface area contributed by atoms with Gasteiger partial charge in [-0.3, -0.25) is 0 Å². The predicted octanol–water partition coefficient (Wildman–Crippen LogP) is 1.49. The fraction of sp³-hybridized carbons (Fsp3) is 0.250. The van der Waals surface area contributed by atoms with E-state index in [4.69, 9.17) is 0 Å². The molecule has 5 heteroatoms. The van der Waals surface area contributed by atoms with Gasteiger partial charge in [-0.05, 0) is 23.3 Å². The van der Waals surface area contributed by atoms with E-state index in [1.165, 1.54) is 7.11 Å². The fourth-order valence-corrected chi connectivity index (χ4v) is 1.69. The summed E-state index contributed by atoms with van der Waals surface area (Å²) in [6.07, 6.45) is 0. The molecule has 0 aromatic heterocycles. The minimum Gasteiger partial charge on any atom is -0.465 e. The Morgan fingerprint density at radius 2 is 1.82 bits per heavy atom. The van der Waals surface area contributed by atoms with Crippen LogP contribution in [0.4, 0.5) is 8.78 Å². The van der Waals surface area contributed by atoms with Crippen molar-refractivity contribution in [1.29, 1.82) is 0 Å². The number of carbonyl (C=O) groups excluding carboxylic acids is 1. The second-order valence-corrected chi connectivity index (χ2v) is 3.73. The van der Waals surface area contributed by atoms with Crippen LogP contribution in [0, 0.1) is 11.6 Å². The van der Waals surface area contributed by atoms with Crippen LogP contribution in [0.25, 0.3) is 5.57 Å². The van der Waals surface area contributed by atoms with Crippen molar-refractivity contribution in [2.45, 2.75) is 0 Å². The second kappa shape index (κ2) is 4.63. The van der Waals surface area contributed by atoms with E-state index >= 15 is 0 Å². The zero-order valence-electron chi connectivity index (χ0n) is 9.22. The van der Waals surface area contributed by atoms with E-state index in [0.29, 0.717) is 13.1 Å². The third-order valence-corrected chi connectivity index (χ3v) is 2.57. The lowest BCUT2D eigenvalue weighted by Crippen LogP contribution is -2.36. The van der Waals surface area contributed by atoms with E-state index < -0.39 is 17.6 Å². The van der Waals surface area contributed by atoms with Gasteiger partial charge in [0, 0.05) is 19.2 Å². The van der Waals surface area contributed by atoms with Crippen LogP contribution in [-0.4, -0.2) is 26.2 Å². The first-order valence-corrected chi connectivity index (χ1v) is 5.09. The molecule has 1 fully saturated rings. The number of ether oxygens (including phenoxy) is 1. The minimum absolute atomic E-state index is 0.214. The zero-order valence-corrected chi connectivity index (χ0v) is 9.22. The van der Waals surface area contributed by atoms with E-state index in [2.05, 4.69) is 10.1 Å². The summed E-state index contributed by atoms with van der Waals surface area (Å²) >= 11 is 0. The van der Waals surface area contributed by atoms with E-state index in [-0.39, 0.29) is 11.1 Å². The maximum Gasteiger partial charge on any atom is 0.338 e. The van der Waals surface area contributed by atoms with Gasteiger partial charge in [-0.15, -0.1) is 0 Å². The van der Waals surface area contributed by atoms with Gasteiger partial charge in [0.15, 0.2) is 0 Å². The highest BCUT2D eigenvalue weighted by Crippen LogP contribution is 2.24. The maximum atomic E-state index is 13.1.